The summed E-state index contributed by atoms with van der Waals surface area (Å²) in [5.41, 5.74) is 0. The summed E-state index contributed by atoms with van der Waals surface area (Å²) in [6.45, 7) is 2.43. The molecule has 1 nitrogen and oxygen atoms in total. The predicted octanol–water partition coefficient (Wildman–Crippen LogP) is 4.05. The summed E-state index contributed by atoms with van der Waals surface area (Å²) in [7, 11) is 0. The van der Waals surface area contributed by atoms with E-state index in [9.17, 15) is 0 Å². The molecule has 0 spiro atoms. The normalized spacial score (nSPS) is 11.9. The van der Waals surface area contributed by atoms with E-state index >= 15 is 0 Å². The van der Waals surface area contributed by atoms with E-state index in [1.54, 1.807) is 0 Å². The molecule has 0 heterocycles. The molecule has 0 aromatic heterocycles. The van der Waals surface area contributed by atoms with Crippen LogP contribution < -0.4 is 0 Å². The molecule has 0 fully saturated rings. The van der Waals surface area contributed by atoms with Crippen molar-refractivity contribution in [1.82, 2.24) is 0 Å². The minimum Gasteiger partial charge on any atom is -0.396 e. The molecule has 0 bridgehead atoms. The molecule has 0 saturated carbocycles. The molecule has 0 unspecified atom stereocenters. The monoisotopic (exact) mass is 209 g/mol. The summed E-state index contributed by atoms with van der Waals surface area (Å²) in [5.74, 6) is 0. The van der Waals surface area contributed by atoms with Crippen molar-refractivity contribution in [3.05, 3.63) is 30.7 Å². The van der Waals surface area contributed by atoms with E-state index in [0.29, 0.717) is 0 Å². The lowest BCUT2D eigenvalue weighted by molar-refractivity contribution is 0.323. The Balaban J connectivity index is 3.14. The maximum Gasteiger partial charge on any atom is 0.0462 e. The lowest BCUT2D eigenvalue weighted by Crippen LogP contribution is -1.81. The van der Waals surface area contributed by atoms with Gasteiger partial charge in [0.15, 0.2) is 0 Å². The number of aliphatic hydroxyl groups excluding tert-OH is 1. The molecule has 0 amide bonds. The third-order valence-corrected chi connectivity index (χ3v) is 2.25. The minimum absolute atomic E-state index is 0.200. The number of unbranched alkanes of at least 4 members (excludes halogenated alkanes) is 5. The number of rotatable bonds is 10. The molecule has 87 valence electrons. The van der Waals surface area contributed by atoms with Crippen molar-refractivity contribution in [2.75, 3.05) is 6.61 Å². The highest BCUT2D eigenvalue weighted by molar-refractivity contribution is 4.93. The Labute approximate surface area is 94.9 Å². The van der Waals surface area contributed by atoms with E-state index < -0.39 is 0 Å². The van der Waals surface area contributed by atoms with Crippen LogP contribution in [0.4, 0.5) is 0 Å². The Hall–Kier alpha value is -0.560. The van der Waals surface area contributed by atoms with Gasteiger partial charge in [0.25, 0.3) is 0 Å². The molecule has 0 atom stereocenters. The van der Waals surface area contributed by atoms with Crippen LogP contribution in [0.25, 0.3) is 0 Å². The molecule has 0 aromatic rings. The van der Waals surface area contributed by atoms with Crippen LogP contribution in [0.5, 0.6) is 0 Å². The summed E-state index contributed by atoms with van der Waals surface area (Å²) in [5, 5.41) is 8.52. The SMILES string of the molecule is CCCCC/C=C\C/C=C\CC[CH]CO. The van der Waals surface area contributed by atoms with Crippen molar-refractivity contribution in [1.29, 1.82) is 0 Å². The van der Waals surface area contributed by atoms with Crippen molar-refractivity contribution in [3.63, 3.8) is 0 Å². The average Bonchev–Trinajstić information content (AvgIpc) is 2.26. The van der Waals surface area contributed by atoms with Gasteiger partial charge in [0.1, 0.15) is 0 Å². The van der Waals surface area contributed by atoms with Crippen LogP contribution in [0.3, 0.4) is 0 Å². The first kappa shape index (κ1) is 14.4. The van der Waals surface area contributed by atoms with Crippen LogP contribution in [0.15, 0.2) is 24.3 Å². The first-order chi connectivity index (χ1) is 7.41. The van der Waals surface area contributed by atoms with E-state index in [2.05, 4.69) is 31.2 Å². The van der Waals surface area contributed by atoms with Gasteiger partial charge in [0.05, 0.1) is 0 Å². The van der Waals surface area contributed by atoms with Gasteiger partial charge < -0.3 is 5.11 Å². The zero-order valence-corrected chi connectivity index (χ0v) is 9.99. The summed E-state index contributed by atoms with van der Waals surface area (Å²) in [6, 6.07) is 0. The number of allylic oxidation sites excluding steroid dienone is 4. The standard InChI is InChI=1S/C14H25O/c1-2-3-4-5-6-7-8-9-10-11-12-13-14-15/h6-7,9-10,13,15H,2-5,8,11-12,14H2,1H3/b7-6-,10-9-. The largest absolute Gasteiger partial charge is 0.396 e. The van der Waals surface area contributed by atoms with Gasteiger partial charge in [-0.15, -0.1) is 0 Å². The van der Waals surface area contributed by atoms with E-state index in [1.807, 2.05) is 6.42 Å². The number of hydrogen-bond acceptors (Lipinski definition) is 1. The van der Waals surface area contributed by atoms with Crippen molar-refractivity contribution in [2.45, 2.75) is 51.9 Å². The van der Waals surface area contributed by atoms with Gasteiger partial charge in [-0.05, 0) is 38.5 Å². The van der Waals surface area contributed by atoms with Crippen LogP contribution in [-0.2, 0) is 0 Å². The second kappa shape index (κ2) is 13.4. The lowest BCUT2D eigenvalue weighted by atomic mass is 10.2. The summed E-state index contributed by atoms with van der Waals surface area (Å²) in [6.07, 6.45) is 19.0. The molecular weight excluding hydrogens is 184 g/mol. The Morgan fingerprint density at radius 3 is 2.27 bits per heavy atom. The van der Waals surface area contributed by atoms with Crippen LogP contribution >= 0.6 is 0 Å². The average molecular weight is 209 g/mol. The molecule has 1 radical (unpaired) electrons. The third kappa shape index (κ3) is 13.4. The highest BCUT2D eigenvalue weighted by Crippen LogP contribution is 2.01. The lowest BCUT2D eigenvalue weighted by Gasteiger charge is -1.91. The fraction of sp³-hybridized carbons (Fsp3) is 0.643. The van der Waals surface area contributed by atoms with Crippen molar-refractivity contribution >= 4 is 0 Å². The van der Waals surface area contributed by atoms with Crippen LogP contribution in [0.2, 0.25) is 0 Å². The fourth-order valence-corrected chi connectivity index (χ4v) is 1.32. The molecule has 0 saturated heterocycles. The quantitative estimate of drug-likeness (QED) is 0.425. The van der Waals surface area contributed by atoms with Gasteiger partial charge in [0, 0.05) is 6.61 Å². The molecule has 1 heteroatoms. The van der Waals surface area contributed by atoms with E-state index in [1.165, 1.54) is 25.7 Å². The van der Waals surface area contributed by atoms with E-state index in [0.717, 1.165) is 19.3 Å². The summed E-state index contributed by atoms with van der Waals surface area (Å²) < 4.78 is 0. The Morgan fingerprint density at radius 2 is 1.60 bits per heavy atom. The topological polar surface area (TPSA) is 20.2 Å². The Morgan fingerprint density at radius 1 is 0.867 bits per heavy atom. The van der Waals surface area contributed by atoms with Crippen molar-refractivity contribution < 1.29 is 5.11 Å². The third-order valence-electron chi connectivity index (χ3n) is 2.25. The fourth-order valence-electron chi connectivity index (χ4n) is 1.32. The van der Waals surface area contributed by atoms with Crippen molar-refractivity contribution in [3.8, 4) is 0 Å². The van der Waals surface area contributed by atoms with Gasteiger partial charge in [-0.25, -0.2) is 0 Å². The molecular formula is C14H25O. The first-order valence-corrected chi connectivity index (χ1v) is 6.14. The molecule has 0 aliphatic heterocycles. The molecule has 0 aromatic carbocycles. The van der Waals surface area contributed by atoms with Gasteiger partial charge >= 0.3 is 0 Å². The van der Waals surface area contributed by atoms with Gasteiger partial charge in [-0.1, -0.05) is 44.1 Å². The van der Waals surface area contributed by atoms with Crippen LogP contribution in [0.1, 0.15) is 51.9 Å². The Kier molecular flexibility index (Phi) is 12.9. The first-order valence-electron chi connectivity index (χ1n) is 6.14. The van der Waals surface area contributed by atoms with E-state index in [-0.39, 0.29) is 6.61 Å². The predicted molar refractivity (Wildman–Crippen MR) is 67.7 cm³/mol. The Bertz CT molecular complexity index is 141. The zero-order valence-electron chi connectivity index (χ0n) is 9.99. The van der Waals surface area contributed by atoms with Crippen molar-refractivity contribution in [2.24, 2.45) is 0 Å². The molecule has 15 heavy (non-hydrogen) atoms. The highest BCUT2D eigenvalue weighted by atomic mass is 16.2. The molecule has 0 aliphatic rings. The molecule has 0 rings (SSSR count). The maximum atomic E-state index is 8.52. The van der Waals surface area contributed by atoms with Gasteiger partial charge in [-0.2, -0.15) is 0 Å². The highest BCUT2D eigenvalue weighted by Gasteiger charge is 1.82. The minimum atomic E-state index is 0.200. The molecule has 1 N–H and O–H groups in total. The van der Waals surface area contributed by atoms with Gasteiger partial charge in [0.2, 0.25) is 0 Å². The zero-order chi connectivity index (χ0) is 11.2. The smallest absolute Gasteiger partial charge is 0.0462 e. The summed E-state index contributed by atoms with van der Waals surface area (Å²) in [4.78, 5) is 0. The van der Waals surface area contributed by atoms with Gasteiger partial charge in [-0.3, -0.25) is 0 Å². The second-order valence-corrected chi connectivity index (χ2v) is 3.72. The summed E-state index contributed by atoms with van der Waals surface area (Å²) >= 11 is 0. The van der Waals surface area contributed by atoms with E-state index in [4.69, 9.17) is 5.11 Å². The van der Waals surface area contributed by atoms with Crippen LogP contribution in [0, 0.1) is 6.42 Å². The number of hydrogen-bond donors (Lipinski definition) is 1. The number of aliphatic hydroxyl groups is 1. The maximum absolute atomic E-state index is 8.52. The molecule has 0 aliphatic carbocycles. The van der Waals surface area contributed by atoms with Crippen LogP contribution in [-0.4, -0.2) is 11.7 Å². The second-order valence-electron chi connectivity index (χ2n) is 3.72.